The zero-order valence-corrected chi connectivity index (χ0v) is 11.7. The van der Waals surface area contributed by atoms with Gasteiger partial charge < -0.3 is 0 Å². The summed E-state index contributed by atoms with van der Waals surface area (Å²) < 4.78 is 0.994. The Balaban J connectivity index is 2.36. The first-order valence-corrected chi connectivity index (χ1v) is 6.82. The molecule has 3 aromatic carbocycles. The SMILES string of the molecule is O=Cc1c(-c2ccccc2Br)ccc2ccccc12. The second-order valence-electron chi connectivity index (χ2n) is 4.35. The Hall–Kier alpha value is -1.93. The van der Waals surface area contributed by atoms with E-state index in [0.717, 1.165) is 38.2 Å². The molecule has 0 heterocycles. The molecule has 92 valence electrons. The van der Waals surface area contributed by atoms with E-state index in [2.05, 4.69) is 22.0 Å². The zero-order chi connectivity index (χ0) is 13.2. The number of carbonyl (C=O) groups is 1. The smallest absolute Gasteiger partial charge is 0.151 e. The van der Waals surface area contributed by atoms with E-state index in [9.17, 15) is 4.79 Å². The quantitative estimate of drug-likeness (QED) is 0.603. The molecule has 0 saturated carbocycles. The fourth-order valence-corrected chi connectivity index (χ4v) is 2.84. The van der Waals surface area contributed by atoms with Gasteiger partial charge in [-0.3, -0.25) is 4.79 Å². The van der Waals surface area contributed by atoms with Crippen LogP contribution in [0, 0.1) is 0 Å². The number of halogens is 1. The van der Waals surface area contributed by atoms with Gasteiger partial charge in [0.05, 0.1) is 0 Å². The molecular formula is C17H11BrO. The van der Waals surface area contributed by atoms with E-state index in [4.69, 9.17) is 0 Å². The van der Waals surface area contributed by atoms with Crippen LogP contribution in [0.1, 0.15) is 10.4 Å². The Bertz CT molecular complexity index is 762. The van der Waals surface area contributed by atoms with Crippen LogP contribution in [-0.4, -0.2) is 6.29 Å². The van der Waals surface area contributed by atoms with Crippen molar-refractivity contribution >= 4 is 33.0 Å². The van der Waals surface area contributed by atoms with Crippen LogP contribution in [0.2, 0.25) is 0 Å². The number of carbonyl (C=O) groups excluding carboxylic acids is 1. The van der Waals surface area contributed by atoms with Crippen molar-refractivity contribution in [3.8, 4) is 11.1 Å². The van der Waals surface area contributed by atoms with Gasteiger partial charge in [0.15, 0.2) is 6.29 Å². The van der Waals surface area contributed by atoms with Crippen molar-refractivity contribution in [1.82, 2.24) is 0 Å². The second-order valence-corrected chi connectivity index (χ2v) is 5.20. The maximum Gasteiger partial charge on any atom is 0.151 e. The standard InChI is InChI=1S/C17H11BrO/c18-17-8-4-3-7-15(17)14-10-9-12-5-1-2-6-13(12)16(14)11-19/h1-11H. The third-order valence-corrected chi connectivity index (χ3v) is 3.94. The van der Waals surface area contributed by atoms with E-state index in [0.29, 0.717) is 0 Å². The van der Waals surface area contributed by atoms with Crippen molar-refractivity contribution in [2.75, 3.05) is 0 Å². The van der Waals surface area contributed by atoms with E-state index in [1.54, 1.807) is 0 Å². The molecule has 3 aromatic rings. The normalized spacial score (nSPS) is 10.6. The lowest BCUT2D eigenvalue weighted by Gasteiger charge is -2.10. The summed E-state index contributed by atoms with van der Waals surface area (Å²) in [6, 6.07) is 19.9. The van der Waals surface area contributed by atoms with Crippen LogP contribution in [0.5, 0.6) is 0 Å². The second kappa shape index (κ2) is 4.98. The minimum Gasteiger partial charge on any atom is -0.298 e. The Kier molecular flexibility index (Phi) is 3.18. The molecule has 0 aliphatic heterocycles. The van der Waals surface area contributed by atoms with Gasteiger partial charge in [0.1, 0.15) is 0 Å². The van der Waals surface area contributed by atoms with Gasteiger partial charge in [-0.2, -0.15) is 0 Å². The first-order chi connectivity index (χ1) is 9.31. The topological polar surface area (TPSA) is 17.1 Å². The summed E-state index contributed by atoms with van der Waals surface area (Å²) in [5.74, 6) is 0. The number of hydrogen-bond acceptors (Lipinski definition) is 1. The lowest BCUT2D eigenvalue weighted by molar-refractivity contribution is 0.112. The van der Waals surface area contributed by atoms with E-state index in [-0.39, 0.29) is 0 Å². The monoisotopic (exact) mass is 310 g/mol. The van der Waals surface area contributed by atoms with Crippen molar-refractivity contribution < 1.29 is 4.79 Å². The molecule has 0 unspecified atom stereocenters. The highest BCUT2D eigenvalue weighted by atomic mass is 79.9. The maximum atomic E-state index is 11.5. The summed E-state index contributed by atoms with van der Waals surface area (Å²) >= 11 is 3.54. The highest BCUT2D eigenvalue weighted by molar-refractivity contribution is 9.10. The van der Waals surface area contributed by atoms with Gasteiger partial charge in [0.25, 0.3) is 0 Å². The predicted octanol–water partition coefficient (Wildman–Crippen LogP) is 5.08. The lowest BCUT2D eigenvalue weighted by atomic mass is 9.95. The first kappa shape index (κ1) is 12.1. The molecule has 0 amide bonds. The average Bonchev–Trinajstić information content (AvgIpc) is 2.46. The number of benzene rings is 3. The molecule has 0 aliphatic carbocycles. The average molecular weight is 311 g/mol. The van der Waals surface area contributed by atoms with Gasteiger partial charge in [-0.25, -0.2) is 0 Å². The van der Waals surface area contributed by atoms with Crippen LogP contribution >= 0.6 is 15.9 Å². The fraction of sp³-hybridized carbons (Fsp3) is 0. The molecule has 0 saturated heterocycles. The van der Waals surface area contributed by atoms with Crippen molar-refractivity contribution in [3.63, 3.8) is 0 Å². The maximum absolute atomic E-state index is 11.5. The molecule has 0 aliphatic rings. The number of hydrogen-bond donors (Lipinski definition) is 0. The molecule has 0 radical (unpaired) electrons. The third-order valence-electron chi connectivity index (χ3n) is 3.25. The van der Waals surface area contributed by atoms with E-state index in [1.807, 2.05) is 54.6 Å². The molecule has 0 spiro atoms. The molecular weight excluding hydrogens is 300 g/mol. The Morgan fingerprint density at radius 3 is 2.32 bits per heavy atom. The number of rotatable bonds is 2. The summed E-state index contributed by atoms with van der Waals surface area (Å²) in [4.78, 5) is 11.5. The van der Waals surface area contributed by atoms with Gasteiger partial charge in [-0.15, -0.1) is 0 Å². The minimum atomic E-state index is 0.741. The molecule has 1 nitrogen and oxygen atoms in total. The third kappa shape index (κ3) is 2.08. The molecule has 0 bridgehead atoms. The van der Waals surface area contributed by atoms with E-state index in [1.165, 1.54) is 0 Å². The first-order valence-electron chi connectivity index (χ1n) is 6.03. The minimum absolute atomic E-state index is 0.741. The van der Waals surface area contributed by atoms with Crippen molar-refractivity contribution in [3.05, 3.63) is 70.7 Å². The number of aldehydes is 1. The van der Waals surface area contributed by atoms with Gasteiger partial charge in [-0.05, 0) is 28.0 Å². The highest BCUT2D eigenvalue weighted by Gasteiger charge is 2.10. The van der Waals surface area contributed by atoms with Crippen LogP contribution in [0.25, 0.3) is 21.9 Å². The molecule has 19 heavy (non-hydrogen) atoms. The molecule has 0 N–H and O–H groups in total. The van der Waals surface area contributed by atoms with Crippen LogP contribution in [0.3, 0.4) is 0 Å². The van der Waals surface area contributed by atoms with E-state index >= 15 is 0 Å². The largest absolute Gasteiger partial charge is 0.298 e. The summed E-state index contributed by atoms with van der Waals surface area (Å²) in [6.07, 6.45) is 0.942. The van der Waals surface area contributed by atoms with Crippen LogP contribution in [0.4, 0.5) is 0 Å². The zero-order valence-electron chi connectivity index (χ0n) is 10.1. The van der Waals surface area contributed by atoms with Crippen LogP contribution in [-0.2, 0) is 0 Å². The summed E-state index contributed by atoms with van der Waals surface area (Å²) in [5, 5.41) is 2.08. The van der Waals surface area contributed by atoms with Crippen molar-refractivity contribution in [1.29, 1.82) is 0 Å². The Morgan fingerprint density at radius 1 is 0.789 bits per heavy atom. The van der Waals surface area contributed by atoms with Crippen molar-refractivity contribution in [2.45, 2.75) is 0 Å². The van der Waals surface area contributed by atoms with E-state index < -0.39 is 0 Å². The van der Waals surface area contributed by atoms with Crippen LogP contribution in [0.15, 0.2) is 65.1 Å². The lowest BCUT2D eigenvalue weighted by Crippen LogP contribution is -1.90. The summed E-state index contributed by atoms with van der Waals surface area (Å²) in [5.41, 5.74) is 2.74. The Labute approximate surface area is 120 Å². The van der Waals surface area contributed by atoms with Gasteiger partial charge in [0.2, 0.25) is 0 Å². The molecule has 0 atom stereocenters. The molecule has 3 rings (SSSR count). The predicted molar refractivity (Wildman–Crippen MR) is 82.5 cm³/mol. The summed E-state index contributed by atoms with van der Waals surface area (Å²) in [7, 11) is 0. The molecule has 0 aromatic heterocycles. The van der Waals surface area contributed by atoms with Gasteiger partial charge in [0, 0.05) is 10.0 Å². The highest BCUT2D eigenvalue weighted by Crippen LogP contribution is 2.33. The Morgan fingerprint density at radius 2 is 1.53 bits per heavy atom. The van der Waals surface area contributed by atoms with Gasteiger partial charge >= 0.3 is 0 Å². The molecule has 2 heteroatoms. The number of fused-ring (bicyclic) bond motifs is 1. The van der Waals surface area contributed by atoms with Crippen molar-refractivity contribution in [2.24, 2.45) is 0 Å². The molecule has 0 fully saturated rings. The fourth-order valence-electron chi connectivity index (χ4n) is 2.34. The van der Waals surface area contributed by atoms with Gasteiger partial charge in [-0.1, -0.05) is 70.5 Å². The van der Waals surface area contributed by atoms with Crippen LogP contribution < -0.4 is 0 Å². The summed E-state index contributed by atoms with van der Waals surface area (Å²) in [6.45, 7) is 0.